The molecule has 0 saturated carbocycles. The van der Waals surface area contributed by atoms with Crippen molar-refractivity contribution in [2.24, 2.45) is 5.73 Å². The molecular weight excluding hydrogens is 344 g/mol. The van der Waals surface area contributed by atoms with Gasteiger partial charge in [-0.1, -0.05) is 0 Å². The minimum absolute atomic E-state index is 0.0243. The van der Waals surface area contributed by atoms with Crippen LogP contribution in [0.1, 0.15) is 0 Å². The van der Waals surface area contributed by atoms with Gasteiger partial charge in [-0.05, 0) is 0 Å². The fourth-order valence-electron chi connectivity index (χ4n) is 2.80. The number of hydrogen-bond donors (Lipinski definition) is 1. The van der Waals surface area contributed by atoms with Gasteiger partial charge in [0.05, 0.1) is 23.7 Å². The van der Waals surface area contributed by atoms with E-state index in [1.807, 2.05) is 0 Å². The van der Waals surface area contributed by atoms with Crippen molar-refractivity contribution in [1.29, 1.82) is 0 Å². The Labute approximate surface area is 137 Å². The lowest BCUT2D eigenvalue weighted by Crippen LogP contribution is -2.41. The van der Waals surface area contributed by atoms with E-state index in [9.17, 15) is 22.0 Å². The summed E-state index contributed by atoms with van der Waals surface area (Å²) in [4.78, 5) is 14.2. The molecule has 1 atom stereocenters. The van der Waals surface area contributed by atoms with Gasteiger partial charge in [0.1, 0.15) is 11.8 Å². The number of nitrogens with two attached hydrogens (primary N) is 1. The molecule has 2 N–H and O–H groups in total. The summed E-state index contributed by atoms with van der Waals surface area (Å²) in [7, 11) is -3.15. The lowest BCUT2D eigenvalue weighted by molar-refractivity contribution is 0.145. The van der Waals surface area contributed by atoms with Gasteiger partial charge in [0, 0.05) is 31.8 Å². The number of cyclic esters (lactones) is 1. The first-order valence-corrected chi connectivity index (χ1v) is 9.25. The molecule has 7 nitrogen and oxygen atoms in total. The van der Waals surface area contributed by atoms with Crippen LogP contribution in [0.25, 0.3) is 0 Å². The van der Waals surface area contributed by atoms with Crippen molar-refractivity contribution in [2.45, 2.75) is 6.10 Å². The van der Waals surface area contributed by atoms with Crippen LogP contribution >= 0.6 is 0 Å². The summed E-state index contributed by atoms with van der Waals surface area (Å²) in [5.41, 5.74) is 5.19. The van der Waals surface area contributed by atoms with Crippen molar-refractivity contribution < 1.29 is 26.7 Å². The van der Waals surface area contributed by atoms with E-state index in [1.165, 1.54) is 4.90 Å². The second-order valence-electron chi connectivity index (χ2n) is 5.75. The highest BCUT2D eigenvalue weighted by Gasteiger charge is 2.33. The molecule has 2 heterocycles. The standard InChI is InChI=1S/C14H17F2N3O4S/c15-11-5-9(19-8-10(7-17)23-14(19)20)6-12(16)13(11)18-1-3-24(21,22)4-2-18/h5-6,10H,1-4,7-8,17H2. The van der Waals surface area contributed by atoms with Crippen LogP contribution in [0.5, 0.6) is 0 Å². The van der Waals surface area contributed by atoms with Gasteiger partial charge in [0.15, 0.2) is 21.5 Å². The highest BCUT2D eigenvalue weighted by molar-refractivity contribution is 7.91. The quantitative estimate of drug-likeness (QED) is 0.842. The van der Waals surface area contributed by atoms with E-state index in [2.05, 4.69) is 0 Å². The Bertz CT molecular complexity index is 734. The van der Waals surface area contributed by atoms with Crippen molar-refractivity contribution in [1.82, 2.24) is 0 Å². The zero-order valence-corrected chi connectivity index (χ0v) is 13.6. The predicted molar refractivity (Wildman–Crippen MR) is 83.9 cm³/mol. The lowest BCUT2D eigenvalue weighted by atomic mass is 10.2. The van der Waals surface area contributed by atoms with Gasteiger partial charge in [0.25, 0.3) is 0 Å². The third-order valence-corrected chi connectivity index (χ3v) is 5.72. The monoisotopic (exact) mass is 361 g/mol. The number of hydrogen-bond acceptors (Lipinski definition) is 6. The van der Waals surface area contributed by atoms with Crippen LogP contribution in [-0.2, 0) is 14.6 Å². The van der Waals surface area contributed by atoms with E-state index in [0.29, 0.717) is 0 Å². The van der Waals surface area contributed by atoms with Crippen LogP contribution in [0.4, 0.5) is 25.0 Å². The normalized spacial score (nSPS) is 23.5. The highest BCUT2D eigenvalue weighted by atomic mass is 32.2. The van der Waals surface area contributed by atoms with Crippen molar-refractivity contribution >= 4 is 27.3 Å². The topological polar surface area (TPSA) is 92.9 Å². The molecule has 0 radical (unpaired) electrons. The number of ether oxygens (including phenoxy) is 1. The second kappa shape index (κ2) is 6.17. The maximum Gasteiger partial charge on any atom is 0.414 e. The maximum absolute atomic E-state index is 14.4. The van der Waals surface area contributed by atoms with Crippen molar-refractivity contribution in [2.75, 3.05) is 47.5 Å². The SMILES string of the molecule is NCC1CN(c2cc(F)c(N3CCS(=O)(=O)CC3)c(F)c2)C(=O)O1. The van der Waals surface area contributed by atoms with Gasteiger partial charge in [-0.3, -0.25) is 4.90 Å². The van der Waals surface area contributed by atoms with E-state index < -0.39 is 33.7 Å². The molecule has 1 unspecified atom stereocenters. The number of carbonyl (C=O) groups is 1. The summed E-state index contributed by atoms with van der Waals surface area (Å²) in [6.45, 7) is 0.288. The summed E-state index contributed by atoms with van der Waals surface area (Å²) in [5.74, 6) is -2.00. The van der Waals surface area contributed by atoms with Crippen LogP contribution in [-0.4, -0.2) is 58.3 Å². The van der Waals surface area contributed by atoms with Gasteiger partial charge in [0.2, 0.25) is 0 Å². The van der Waals surface area contributed by atoms with E-state index in [1.54, 1.807) is 0 Å². The molecule has 2 saturated heterocycles. The third-order valence-electron chi connectivity index (χ3n) is 4.11. The smallest absolute Gasteiger partial charge is 0.414 e. The summed E-state index contributed by atoms with van der Waals surface area (Å²) < 4.78 is 56.7. The summed E-state index contributed by atoms with van der Waals surface area (Å²) in [6, 6.07) is 2.09. The molecule has 1 aromatic carbocycles. The van der Waals surface area contributed by atoms with Crippen LogP contribution in [0, 0.1) is 11.6 Å². The van der Waals surface area contributed by atoms with E-state index >= 15 is 0 Å². The Balaban J connectivity index is 1.86. The molecule has 2 aliphatic heterocycles. The number of anilines is 2. The maximum atomic E-state index is 14.4. The molecule has 0 bridgehead atoms. The van der Waals surface area contributed by atoms with E-state index in [4.69, 9.17) is 10.5 Å². The van der Waals surface area contributed by atoms with Crippen molar-refractivity contribution in [3.63, 3.8) is 0 Å². The largest absolute Gasteiger partial charge is 0.443 e. The van der Waals surface area contributed by atoms with Gasteiger partial charge in [-0.2, -0.15) is 0 Å². The van der Waals surface area contributed by atoms with Gasteiger partial charge in [-0.15, -0.1) is 0 Å². The number of benzene rings is 1. The number of halogens is 2. The average Bonchev–Trinajstić information content (AvgIpc) is 2.89. The zero-order chi connectivity index (χ0) is 17.5. The van der Waals surface area contributed by atoms with Gasteiger partial charge >= 0.3 is 6.09 Å². The van der Waals surface area contributed by atoms with Gasteiger partial charge in [-0.25, -0.2) is 22.0 Å². The minimum Gasteiger partial charge on any atom is -0.443 e. The Kier molecular flexibility index (Phi) is 4.35. The Morgan fingerprint density at radius 3 is 2.29 bits per heavy atom. The number of carbonyl (C=O) groups excluding carboxylic acids is 1. The van der Waals surface area contributed by atoms with E-state index in [0.717, 1.165) is 17.0 Å². The molecule has 1 aromatic rings. The fraction of sp³-hybridized carbons (Fsp3) is 0.500. The molecule has 3 rings (SSSR count). The number of sulfone groups is 1. The first-order chi connectivity index (χ1) is 11.3. The first-order valence-electron chi connectivity index (χ1n) is 7.43. The third kappa shape index (κ3) is 3.16. The van der Waals surface area contributed by atoms with E-state index in [-0.39, 0.29) is 49.1 Å². The molecule has 24 heavy (non-hydrogen) atoms. The molecule has 1 amide bonds. The number of nitrogens with zero attached hydrogens (tertiary/aromatic N) is 2. The Morgan fingerprint density at radius 1 is 1.21 bits per heavy atom. The van der Waals surface area contributed by atoms with Crippen LogP contribution < -0.4 is 15.5 Å². The minimum atomic E-state index is -3.15. The Morgan fingerprint density at radius 2 is 1.79 bits per heavy atom. The zero-order valence-electron chi connectivity index (χ0n) is 12.7. The van der Waals surface area contributed by atoms with Crippen LogP contribution in [0.2, 0.25) is 0 Å². The predicted octanol–water partition coefficient (Wildman–Crippen LogP) is 0.483. The van der Waals surface area contributed by atoms with Crippen LogP contribution in [0.3, 0.4) is 0 Å². The summed E-state index contributed by atoms with van der Waals surface area (Å²) >= 11 is 0. The molecule has 132 valence electrons. The van der Waals surface area contributed by atoms with Crippen molar-refractivity contribution in [3.05, 3.63) is 23.8 Å². The number of rotatable bonds is 3. The first kappa shape index (κ1) is 16.9. The lowest BCUT2D eigenvalue weighted by Gasteiger charge is -2.29. The molecule has 2 fully saturated rings. The average molecular weight is 361 g/mol. The molecule has 0 aromatic heterocycles. The van der Waals surface area contributed by atoms with Crippen LogP contribution in [0.15, 0.2) is 12.1 Å². The molecule has 0 aliphatic carbocycles. The van der Waals surface area contributed by atoms with Gasteiger partial charge < -0.3 is 15.4 Å². The highest BCUT2D eigenvalue weighted by Crippen LogP contribution is 2.31. The second-order valence-corrected chi connectivity index (χ2v) is 8.05. The summed E-state index contributed by atoms with van der Waals surface area (Å²) in [6.07, 6.45) is -1.23. The number of amides is 1. The molecule has 2 aliphatic rings. The molecular formula is C14H17F2N3O4S. The molecule has 0 spiro atoms. The fourth-order valence-corrected chi connectivity index (χ4v) is 4.00. The summed E-state index contributed by atoms with van der Waals surface area (Å²) in [5, 5.41) is 0. The Hall–Kier alpha value is -1.94. The molecule has 10 heteroatoms. The van der Waals surface area contributed by atoms with Crippen molar-refractivity contribution in [3.8, 4) is 0 Å².